The molecule has 0 aromatic carbocycles. The second-order valence-electron chi connectivity index (χ2n) is 4.22. The molecule has 82 valence electrons. The third-order valence-electron chi connectivity index (χ3n) is 2.41. The highest BCUT2D eigenvalue weighted by Gasteiger charge is 2.22. The molecule has 3 nitrogen and oxygen atoms in total. The van der Waals surface area contributed by atoms with Crippen molar-refractivity contribution in [1.82, 2.24) is 10.2 Å². The molecule has 1 amide bonds. The van der Waals surface area contributed by atoms with Gasteiger partial charge in [0, 0.05) is 26.2 Å². The number of hydrogen-bond donors (Lipinski definition) is 2. The molecular formula is C10H20N2OS. The van der Waals surface area contributed by atoms with Crippen LogP contribution in [0.15, 0.2) is 0 Å². The van der Waals surface area contributed by atoms with E-state index in [9.17, 15) is 4.79 Å². The Bertz CT molecular complexity index is 191. The highest BCUT2D eigenvalue weighted by atomic mass is 32.1. The molecular weight excluding hydrogens is 196 g/mol. The fraction of sp³-hybridized carbons (Fsp3) is 0.900. The number of thiol groups is 1. The van der Waals surface area contributed by atoms with Crippen molar-refractivity contribution < 1.29 is 4.79 Å². The molecule has 4 heteroatoms. The summed E-state index contributed by atoms with van der Waals surface area (Å²) in [6.07, 6.45) is 0.867. The molecule has 0 aromatic heterocycles. The van der Waals surface area contributed by atoms with Gasteiger partial charge in [0.25, 0.3) is 0 Å². The van der Waals surface area contributed by atoms with E-state index in [1.165, 1.54) is 0 Å². The molecule has 1 aliphatic heterocycles. The summed E-state index contributed by atoms with van der Waals surface area (Å²) in [5.41, 5.74) is 0. The maximum Gasteiger partial charge on any atom is 0.235 e. The Kier molecular flexibility index (Phi) is 4.75. The molecule has 1 saturated heterocycles. The lowest BCUT2D eigenvalue weighted by atomic mass is 10.1. The van der Waals surface area contributed by atoms with Crippen LogP contribution in [-0.4, -0.2) is 42.2 Å². The van der Waals surface area contributed by atoms with Crippen LogP contribution in [-0.2, 0) is 4.79 Å². The zero-order valence-electron chi connectivity index (χ0n) is 8.99. The predicted octanol–water partition coefficient (Wildman–Crippen LogP) is 0.763. The minimum absolute atomic E-state index is 0.118. The Morgan fingerprint density at radius 2 is 2.00 bits per heavy atom. The van der Waals surface area contributed by atoms with Crippen molar-refractivity contribution in [3.63, 3.8) is 0 Å². The van der Waals surface area contributed by atoms with Crippen molar-refractivity contribution in [3.05, 3.63) is 0 Å². The lowest BCUT2D eigenvalue weighted by Crippen LogP contribution is -2.49. The molecule has 1 unspecified atom stereocenters. The van der Waals surface area contributed by atoms with E-state index in [-0.39, 0.29) is 11.2 Å². The smallest absolute Gasteiger partial charge is 0.235 e. The van der Waals surface area contributed by atoms with Gasteiger partial charge in [-0.2, -0.15) is 12.6 Å². The molecule has 14 heavy (non-hydrogen) atoms. The first-order valence-corrected chi connectivity index (χ1v) is 5.80. The van der Waals surface area contributed by atoms with Crippen molar-refractivity contribution in [2.75, 3.05) is 26.2 Å². The van der Waals surface area contributed by atoms with E-state index in [1.807, 2.05) is 4.90 Å². The molecule has 1 heterocycles. The third-order valence-corrected chi connectivity index (χ3v) is 2.84. The fourth-order valence-electron chi connectivity index (χ4n) is 1.64. The van der Waals surface area contributed by atoms with Crippen molar-refractivity contribution in [2.45, 2.75) is 25.5 Å². The maximum atomic E-state index is 11.9. The van der Waals surface area contributed by atoms with Crippen molar-refractivity contribution >= 4 is 18.5 Å². The second kappa shape index (κ2) is 5.61. The van der Waals surface area contributed by atoms with Gasteiger partial charge in [0.2, 0.25) is 5.91 Å². The first kappa shape index (κ1) is 11.9. The maximum absolute atomic E-state index is 11.9. The van der Waals surface area contributed by atoms with Crippen LogP contribution in [0.3, 0.4) is 0 Å². The second-order valence-corrected chi connectivity index (χ2v) is 4.84. The molecule has 1 rings (SSSR count). The first-order chi connectivity index (χ1) is 6.61. The van der Waals surface area contributed by atoms with E-state index in [1.54, 1.807) is 0 Å². The summed E-state index contributed by atoms with van der Waals surface area (Å²) in [7, 11) is 0. The van der Waals surface area contributed by atoms with Gasteiger partial charge in [0.15, 0.2) is 0 Å². The molecule has 1 fully saturated rings. The summed E-state index contributed by atoms with van der Waals surface area (Å²) >= 11 is 4.36. The molecule has 0 aromatic rings. The van der Waals surface area contributed by atoms with Gasteiger partial charge in [0.1, 0.15) is 0 Å². The van der Waals surface area contributed by atoms with Crippen molar-refractivity contribution in [2.24, 2.45) is 5.92 Å². The topological polar surface area (TPSA) is 32.3 Å². The molecule has 0 bridgehead atoms. The SMILES string of the molecule is CC(C)CC(S)C(=O)N1CCNCC1. The summed E-state index contributed by atoms with van der Waals surface area (Å²) in [4.78, 5) is 13.8. The number of nitrogens with zero attached hydrogens (tertiary/aromatic N) is 1. The third kappa shape index (κ3) is 3.50. The average Bonchev–Trinajstić information content (AvgIpc) is 2.17. The van der Waals surface area contributed by atoms with Gasteiger partial charge in [-0.25, -0.2) is 0 Å². The summed E-state index contributed by atoms with van der Waals surface area (Å²) < 4.78 is 0. The van der Waals surface area contributed by atoms with Gasteiger partial charge in [0.05, 0.1) is 5.25 Å². The minimum atomic E-state index is -0.118. The monoisotopic (exact) mass is 216 g/mol. The van der Waals surface area contributed by atoms with E-state index in [0.29, 0.717) is 5.92 Å². The lowest BCUT2D eigenvalue weighted by molar-refractivity contribution is -0.131. The van der Waals surface area contributed by atoms with Crippen LogP contribution in [0.5, 0.6) is 0 Å². The summed E-state index contributed by atoms with van der Waals surface area (Å²) in [5, 5.41) is 3.11. The zero-order chi connectivity index (χ0) is 10.6. The van der Waals surface area contributed by atoms with Crippen LogP contribution in [0, 0.1) is 5.92 Å². The lowest BCUT2D eigenvalue weighted by Gasteiger charge is -2.29. The number of nitrogens with one attached hydrogen (secondary N) is 1. The van der Waals surface area contributed by atoms with Crippen LogP contribution in [0.25, 0.3) is 0 Å². The Balaban J connectivity index is 2.38. The highest BCUT2D eigenvalue weighted by Crippen LogP contribution is 2.13. The Morgan fingerprint density at radius 1 is 1.43 bits per heavy atom. The number of rotatable bonds is 3. The number of carbonyl (C=O) groups is 1. The van der Waals surface area contributed by atoms with Gasteiger partial charge in [-0.15, -0.1) is 0 Å². The molecule has 0 radical (unpaired) electrons. The van der Waals surface area contributed by atoms with Gasteiger partial charge in [-0.1, -0.05) is 13.8 Å². The normalized spacial score (nSPS) is 19.9. The van der Waals surface area contributed by atoms with Crippen LogP contribution < -0.4 is 5.32 Å². The van der Waals surface area contributed by atoms with Crippen LogP contribution in [0.4, 0.5) is 0 Å². The largest absolute Gasteiger partial charge is 0.339 e. The van der Waals surface area contributed by atoms with Gasteiger partial charge >= 0.3 is 0 Å². The van der Waals surface area contributed by atoms with Crippen molar-refractivity contribution in [1.29, 1.82) is 0 Å². The standard InChI is InChI=1S/C10H20N2OS/c1-8(2)7-9(14)10(13)12-5-3-11-4-6-12/h8-9,11,14H,3-7H2,1-2H3. The van der Waals surface area contributed by atoms with E-state index in [2.05, 4.69) is 31.8 Å². The fourth-order valence-corrected chi connectivity index (χ4v) is 2.23. The molecule has 0 aliphatic carbocycles. The first-order valence-electron chi connectivity index (χ1n) is 5.29. The molecule has 0 saturated carbocycles. The zero-order valence-corrected chi connectivity index (χ0v) is 9.89. The summed E-state index contributed by atoms with van der Waals surface area (Å²) in [6, 6.07) is 0. The van der Waals surface area contributed by atoms with Crippen LogP contribution in [0.2, 0.25) is 0 Å². The number of carbonyl (C=O) groups excluding carboxylic acids is 1. The van der Waals surface area contributed by atoms with Crippen molar-refractivity contribution in [3.8, 4) is 0 Å². The van der Waals surface area contributed by atoms with E-state index in [4.69, 9.17) is 0 Å². The number of hydrogen-bond acceptors (Lipinski definition) is 3. The summed E-state index contributed by atoms with van der Waals surface area (Å²) in [5.74, 6) is 0.730. The van der Waals surface area contributed by atoms with E-state index in [0.717, 1.165) is 32.6 Å². The molecule has 1 atom stereocenters. The van der Waals surface area contributed by atoms with Gasteiger partial charge in [-0.3, -0.25) is 4.79 Å². The van der Waals surface area contributed by atoms with E-state index < -0.39 is 0 Å². The van der Waals surface area contributed by atoms with E-state index >= 15 is 0 Å². The Morgan fingerprint density at radius 3 is 2.50 bits per heavy atom. The Labute approximate surface area is 91.6 Å². The highest BCUT2D eigenvalue weighted by molar-refractivity contribution is 7.81. The van der Waals surface area contributed by atoms with Crippen LogP contribution >= 0.6 is 12.6 Å². The summed E-state index contributed by atoms with van der Waals surface area (Å²) in [6.45, 7) is 7.71. The number of piperazine rings is 1. The minimum Gasteiger partial charge on any atom is -0.339 e. The predicted molar refractivity (Wildman–Crippen MR) is 61.7 cm³/mol. The average molecular weight is 216 g/mol. The van der Waals surface area contributed by atoms with Gasteiger partial charge < -0.3 is 10.2 Å². The molecule has 0 spiro atoms. The van der Waals surface area contributed by atoms with Crippen LogP contribution in [0.1, 0.15) is 20.3 Å². The number of amides is 1. The Hall–Kier alpha value is -0.220. The quantitative estimate of drug-likeness (QED) is 0.683. The van der Waals surface area contributed by atoms with Gasteiger partial charge in [-0.05, 0) is 12.3 Å². The molecule has 1 aliphatic rings. The molecule has 1 N–H and O–H groups in total.